The summed E-state index contributed by atoms with van der Waals surface area (Å²) in [6, 6.07) is 8.77. The summed E-state index contributed by atoms with van der Waals surface area (Å²) in [5.74, 6) is 1.03. The summed E-state index contributed by atoms with van der Waals surface area (Å²) in [4.78, 5) is 0. The molecule has 27 heavy (non-hydrogen) atoms. The van der Waals surface area contributed by atoms with Crippen LogP contribution >= 0.6 is 47.0 Å². The van der Waals surface area contributed by atoms with Gasteiger partial charge in [0, 0.05) is 26.7 Å². The fraction of sp³-hybridized carbons (Fsp3) is 0.176. The Hall–Kier alpha value is -1.93. The molecule has 0 unspecified atom stereocenters. The molecular weight excluding hydrogens is 431 g/mol. The smallest absolute Gasteiger partial charge is 0.214 e. The number of aromatic amines is 1. The highest BCUT2D eigenvalue weighted by Crippen LogP contribution is 2.35. The van der Waals surface area contributed by atoms with Gasteiger partial charge in [0.2, 0.25) is 4.77 Å². The molecule has 0 atom stereocenters. The van der Waals surface area contributed by atoms with Crippen LogP contribution in [0.25, 0.3) is 0 Å². The second-order valence-electron chi connectivity index (χ2n) is 5.45. The number of hydrogen-bond donors (Lipinski definition) is 2. The molecule has 0 saturated heterocycles. The maximum atomic E-state index is 6.40. The molecule has 0 aliphatic heterocycles. The van der Waals surface area contributed by atoms with Crippen LogP contribution in [0.15, 0.2) is 36.7 Å². The van der Waals surface area contributed by atoms with Gasteiger partial charge in [0.1, 0.15) is 12.9 Å². The summed E-state index contributed by atoms with van der Waals surface area (Å²) in [6.07, 6.45) is 1.54. The molecule has 3 rings (SSSR count). The van der Waals surface area contributed by atoms with Crippen LogP contribution in [-0.4, -0.2) is 22.0 Å². The topological polar surface area (TPSA) is 64.1 Å². The number of H-pyrrole nitrogens is 1. The van der Waals surface area contributed by atoms with Gasteiger partial charge in [-0.25, -0.2) is 4.68 Å². The molecule has 1 aromatic heterocycles. The van der Waals surface area contributed by atoms with Gasteiger partial charge in [-0.05, 0) is 36.0 Å². The Balaban J connectivity index is 1.77. The maximum absolute atomic E-state index is 6.40. The van der Waals surface area contributed by atoms with Crippen molar-refractivity contribution in [3.05, 3.63) is 67.6 Å². The summed E-state index contributed by atoms with van der Waals surface area (Å²) in [6.45, 7) is 0.604. The van der Waals surface area contributed by atoms with Gasteiger partial charge in [-0.1, -0.05) is 40.9 Å². The minimum Gasteiger partial charge on any atom is -0.493 e. The molecule has 1 heterocycles. The highest BCUT2D eigenvalue weighted by Gasteiger charge is 2.13. The van der Waals surface area contributed by atoms with E-state index in [9.17, 15) is 0 Å². The first-order chi connectivity index (χ1) is 13.0. The van der Waals surface area contributed by atoms with Gasteiger partial charge in [0.15, 0.2) is 11.5 Å². The first kappa shape index (κ1) is 19.8. The summed E-state index contributed by atoms with van der Waals surface area (Å²) in [5.41, 5.74) is 4.60. The lowest BCUT2D eigenvalue weighted by Crippen LogP contribution is -2.13. The zero-order valence-electron chi connectivity index (χ0n) is 14.1. The normalized spacial score (nSPS) is 10.7. The van der Waals surface area contributed by atoms with Gasteiger partial charge in [-0.15, -0.1) is 0 Å². The SMILES string of the molecule is COc1cc(CNn2cn[nH]c2=S)c(Cl)cc1OCc1c(Cl)cccc1Cl. The van der Waals surface area contributed by atoms with E-state index in [0.29, 0.717) is 43.4 Å². The Labute approximate surface area is 175 Å². The molecule has 2 aromatic carbocycles. The van der Waals surface area contributed by atoms with Crippen molar-refractivity contribution in [2.75, 3.05) is 12.5 Å². The number of nitrogens with zero attached hydrogens (tertiary/aromatic N) is 2. The second-order valence-corrected chi connectivity index (χ2v) is 7.06. The van der Waals surface area contributed by atoms with E-state index in [1.807, 2.05) is 0 Å². The maximum Gasteiger partial charge on any atom is 0.214 e. The van der Waals surface area contributed by atoms with Crippen LogP contribution in [0.4, 0.5) is 0 Å². The summed E-state index contributed by atoms with van der Waals surface area (Å²) < 4.78 is 13.3. The van der Waals surface area contributed by atoms with Crippen molar-refractivity contribution in [3.8, 4) is 11.5 Å². The predicted octanol–water partition coefficient (Wildman–Crippen LogP) is 5.23. The molecule has 0 bridgehead atoms. The summed E-state index contributed by atoms with van der Waals surface area (Å²) in [7, 11) is 1.56. The van der Waals surface area contributed by atoms with Crippen LogP contribution < -0.4 is 14.9 Å². The third-order valence-electron chi connectivity index (χ3n) is 3.76. The van der Waals surface area contributed by atoms with E-state index in [1.165, 1.54) is 6.33 Å². The van der Waals surface area contributed by atoms with Crippen molar-refractivity contribution in [1.82, 2.24) is 14.9 Å². The third kappa shape index (κ3) is 4.68. The molecule has 0 amide bonds. The van der Waals surface area contributed by atoms with Crippen molar-refractivity contribution >= 4 is 47.0 Å². The van der Waals surface area contributed by atoms with Crippen LogP contribution in [0.3, 0.4) is 0 Å². The minimum absolute atomic E-state index is 0.187. The predicted molar refractivity (Wildman–Crippen MR) is 109 cm³/mol. The zero-order chi connectivity index (χ0) is 19.4. The number of halogens is 3. The first-order valence-electron chi connectivity index (χ1n) is 7.77. The van der Waals surface area contributed by atoms with E-state index in [1.54, 1.807) is 42.1 Å². The highest BCUT2D eigenvalue weighted by molar-refractivity contribution is 7.71. The zero-order valence-corrected chi connectivity index (χ0v) is 17.2. The third-order valence-corrected chi connectivity index (χ3v) is 5.11. The molecule has 10 heteroatoms. The molecule has 0 spiro atoms. The lowest BCUT2D eigenvalue weighted by Gasteiger charge is -2.15. The molecule has 3 aromatic rings. The van der Waals surface area contributed by atoms with Crippen LogP contribution in [-0.2, 0) is 13.2 Å². The van der Waals surface area contributed by atoms with Gasteiger partial charge in [0.25, 0.3) is 0 Å². The average molecular weight is 446 g/mol. The Morgan fingerprint density at radius 1 is 1.15 bits per heavy atom. The Morgan fingerprint density at radius 2 is 1.89 bits per heavy atom. The lowest BCUT2D eigenvalue weighted by molar-refractivity contribution is 0.284. The fourth-order valence-corrected chi connectivity index (χ4v) is 3.23. The van der Waals surface area contributed by atoms with Crippen molar-refractivity contribution in [3.63, 3.8) is 0 Å². The average Bonchev–Trinajstić information content (AvgIpc) is 3.05. The van der Waals surface area contributed by atoms with E-state index in [-0.39, 0.29) is 6.61 Å². The number of benzene rings is 2. The van der Waals surface area contributed by atoms with E-state index in [2.05, 4.69) is 15.6 Å². The van der Waals surface area contributed by atoms with Crippen LogP contribution in [0.2, 0.25) is 15.1 Å². The standard InChI is InChI=1S/C17H15Cl3N4O2S/c1-25-15-5-10(7-22-24-9-21-23-17(24)27)14(20)6-16(15)26-8-11-12(18)3-2-4-13(11)19/h2-6,9,22H,7-8H2,1H3,(H,23,27). The molecule has 0 saturated carbocycles. The van der Waals surface area contributed by atoms with E-state index in [4.69, 9.17) is 56.5 Å². The number of methoxy groups -OCH3 is 1. The second kappa shape index (κ2) is 8.84. The van der Waals surface area contributed by atoms with Crippen LogP contribution in [0.1, 0.15) is 11.1 Å². The molecule has 6 nitrogen and oxygen atoms in total. The fourth-order valence-electron chi connectivity index (χ4n) is 2.34. The van der Waals surface area contributed by atoms with Crippen molar-refractivity contribution in [2.24, 2.45) is 0 Å². The lowest BCUT2D eigenvalue weighted by atomic mass is 10.2. The van der Waals surface area contributed by atoms with Gasteiger partial charge >= 0.3 is 0 Å². The van der Waals surface area contributed by atoms with Gasteiger partial charge in [-0.2, -0.15) is 5.10 Å². The summed E-state index contributed by atoms with van der Waals surface area (Å²) >= 11 is 23.8. The monoisotopic (exact) mass is 444 g/mol. The van der Waals surface area contributed by atoms with Crippen molar-refractivity contribution in [2.45, 2.75) is 13.2 Å². The Bertz CT molecular complexity index is 986. The van der Waals surface area contributed by atoms with E-state index >= 15 is 0 Å². The van der Waals surface area contributed by atoms with Gasteiger partial charge in [0.05, 0.1) is 13.7 Å². The van der Waals surface area contributed by atoms with Crippen LogP contribution in [0, 0.1) is 4.77 Å². The number of ether oxygens (including phenoxy) is 2. The van der Waals surface area contributed by atoms with E-state index in [0.717, 1.165) is 5.56 Å². The molecule has 0 aliphatic rings. The number of nitrogens with one attached hydrogen (secondary N) is 2. The Kier molecular flexibility index (Phi) is 6.49. The number of rotatable bonds is 7. The van der Waals surface area contributed by atoms with Crippen LogP contribution in [0.5, 0.6) is 11.5 Å². The molecule has 142 valence electrons. The van der Waals surface area contributed by atoms with Crippen molar-refractivity contribution < 1.29 is 9.47 Å². The first-order valence-corrected chi connectivity index (χ1v) is 9.31. The van der Waals surface area contributed by atoms with Gasteiger partial charge < -0.3 is 14.9 Å². The minimum atomic E-state index is 0.187. The highest BCUT2D eigenvalue weighted by atomic mass is 35.5. The largest absolute Gasteiger partial charge is 0.493 e. The quantitative estimate of drug-likeness (QED) is 0.487. The molecule has 0 aliphatic carbocycles. The molecule has 0 fully saturated rings. The number of aromatic nitrogens is 3. The molecule has 0 radical (unpaired) electrons. The number of hydrogen-bond acceptors (Lipinski definition) is 5. The molecular formula is C17H15Cl3N4O2S. The molecule has 2 N–H and O–H groups in total. The van der Waals surface area contributed by atoms with E-state index < -0.39 is 0 Å². The Morgan fingerprint density at radius 3 is 2.52 bits per heavy atom. The summed E-state index contributed by atoms with van der Waals surface area (Å²) in [5, 5.41) is 8.08. The van der Waals surface area contributed by atoms with Crippen molar-refractivity contribution in [1.29, 1.82) is 0 Å². The van der Waals surface area contributed by atoms with Gasteiger partial charge in [-0.3, -0.25) is 5.10 Å².